The number of nitrogens with zero attached hydrogens (tertiary/aromatic N) is 2. The molecule has 1 aliphatic rings. The number of ether oxygens (including phenoxy) is 1. The molecule has 0 bridgehead atoms. The van der Waals surface area contributed by atoms with Crippen LogP contribution in [0.5, 0.6) is 0 Å². The highest BCUT2D eigenvalue weighted by Crippen LogP contribution is 2.27. The summed E-state index contributed by atoms with van der Waals surface area (Å²) >= 11 is 0. The molecule has 90 valence electrons. The van der Waals surface area contributed by atoms with Crippen molar-refractivity contribution in [1.82, 2.24) is 9.97 Å². The van der Waals surface area contributed by atoms with Gasteiger partial charge in [0, 0.05) is 18.3 Å². The Labute approximate surface area is 105 Å². The molecule has 4 nitrogen and oxygen atoms in total. The zero-order chi connectivity index (χ0) is 12.5. The molecule has 3 heterocycles. The van der Waals surface area contributed by atoms with E-state index in [0.717, 1.165) is 17.7 Å². The van der Waals surface area contributed by atoms with Crippen molar-refractivity contribution in [3.05, 3.63) is 47.3 Å². The van der Waals surface area contributed by atoms with E-state index in [1.165, 1.54) is 0 Å². The van der Waals surface area contributed by atoms with Gasteiger partial charge in [-0.15, -0.1) is 0 Å². The quantitative estimate of drug-likeness (QED) is 0.717. The molecule has 2 aromatic rings. The first-order valence-electron chi connectivity index (χ1n) is 5.85. The van der Waals surface area contributed by atoms with E-state index in [9.17, 15) is 4.79 Å². The van der Waals surface area contributed by atoms with Crippen molar-refractivity contribution in [2.24, 2.45) is 0 Å². The smallest absolute Gasteiger partial charge is 0.340 e. The lowest BCUT2D eigenvalue weighted by atomic mass is 9.99. The van der Waals surface area contributed by atoms with Gasteiger partial charge in [-0.2, -0.15) is 0 Å². The lowest BCUT2D eigenvalue weighted by Gasteiger charge is -2.18. The van der Waals surface area contributed by atoms with Crippen molar-refractivity contribution < 1.29 is 9.53 Å². The van der Waals surface area contributed by atoms with Gasteiger partial charge in [0.05, 0.1) is 17.9 Å². The van der Waals surface area contributed by atoms with Crippen molar-refractivity contribution in [2.75, 3.05) is 6.61 Å². The summed E-state index contributed by atoms with van der Waals surface area (Å²) in [4.78, 5) is 20.6. The Morgan fingerprint density at radius 3 is 3.00 bits per heavy atom. The molecule has 4 heteroatoms. The van der Waals surface area contributed by atoms with Crippen molar-refractivity contribution in [3.8, 4) is 11.4 Å². The average Bonchev–Trinajstić information content (AvgIpc) is 2.39. The number of fused-ring (bicyclic) bond motifs is 1. The molecule has 2 aromatic heterocycles. The number of aromatic nitrogens is 2. The average molecular weight is 240 g/mol. The molecule has 0 atom stereocenters. The number of hydrogen-bond acceptors (Lipinski definition) is 4. The van der Waals surface area contributed by atoms with Crippen molar-refractivity contribution in [3.63, 3.8) is 0 Å². The van der Waals surface area contributed by atoms with Gasteiger partial charge < -0.3 is 4.74 Å². The maximum Gasteiger partial charge on any atom is 0.340 e. The molecule has 0 aliphatic carbocycles. The molecule has 0 radical (unpaired) electrons. The first-order chi connectivity index (χ1) is 8.75. The Balaban J connectivity index is 2.26. The normalized spacial score (nSPS) is 13.9. The van der Waals surface area contributed by atoms with Crippen LogP contribution in [0.15, 0.2) is 30.5 Å². The number of aryl methyl sites for hydroxylation is 1. The first-order valence-corrected chi connectivity index (χ1v) is 5.85. The SMILES string of the molecule is Cc1cc2c(c(-c3ccccn3)n1)C(=O)OCC2. The van der Waals surface area contributed by atoms with Gasteiger partial charge in [-0.3, -0.25) is 9.97 Å². The van der Waals surface area contributed by atoms with Crippen molar-refractivity contribution >= 4 is 5.97 Å². The Hall–Kier alpha value is -2.23. The van der Waals surface area contributed by atoms with Crippen LogP contribution in [0.25, 0.3) is 11.4 Å². The van der Waals surface area contributed by atoms with Crippen LogP contribution in [0.2, 0.25) is 0 Å². The van der Waals surface area contributed by atoms with E-state index in [0.29, 0.717) is 23.6 Å². The summed E-state index contributed by atoms with van der Waals surface area (Å²) < 4.78 is 5.10. The van der Waals surface area contributed by atoms with E-state index >= 15 is 0 Å². The number of esters is 1. The highest BCUT2D eigenvalue weighted by Gasteiger charge is 2.25. The highest BCUT2D eigenvalue weighted by molar-refractivity contribution is 5.98. The minimum Gasteiger partial charge on any atom is -0.462 e. The Kier molecular flexibility index (Phi) is 2.55. The molecule has 0 N–H and O–H groups in total. The van der Waals surface area contributed by atoms with Gasteiger partial charge in [0.25, 0.3) is 0 Å². The monoisotopic (exact) mass is 240 g/mol. The Morgan fingerprint density at radius 2 is 2.22 bits per heavy atom. The van der Waals surface area contributed by atoms with Gasteiger partial charge in [-0.1, -0.05) is 6.07 Å². The van der Waals surface area contributed by atoms with Crippen molar-refractivity contribution in [2.45, 2.75) is 13.3 Å². The second-order valence-corrected chi connectivity index (χ2v) is 4.25. The van der Waals surface area contributed by atoms with Gasteiger partial charge in [0.15, 0.2) is 0 Å². The molecule has 0 saturated heterocycles. The topological polar surface area (TPSA) is 52.1 Å². The maximum absolute atomic E-state index is 11.9. The lowest BCUT2D eigenvalue weighted by Crippen LogP contribution is -2.20. The van der Waals surface area contributed by atoms with Gasteiger partial charge >= 0.3 is 5.97 Å². The standard InChI is InChI=1S/C14H12N2O2/c1-9-8-10-5-7-18-14(17)12(10)13(16-9)11-4-2-3-6-15-11/h2-4,6,8H,5,7H2,1H3. The van der Waals surface area contributed by atoms with Crippen LogP contribution in [0, 0.1) is 6.92 Å². The summed E-state index contributed by atoms with van der Waals surface area (Å²) in [7, 11) is 0. The third kappa shape index (κ3) is 1.76. The summed E-state index contributed by atoms with van der Waals surface area (Å²) in [6, 6.07) is 7.52. The van der Waals surface area contributed by atoms with Gasteiger partial charge in [-0.05, 0) is 30.7 Å². The van der Waals surface area contributed by atoms with Crippen LogP contribution in [-0.4, -0.2) is 22.5 Å². The molecule has 0 amide bonds. The number of cyclic esters (lactones) is 1. The summed E-state index contributed by atoms with van der Waals surface area (Å²) in [5, 5.41) is 0. The summed E-state index contributed by atoms with van der Waals surface area (Å²) in [5.74, 6) is -0.301. The fourth-order valence-corrected chi connectivity index (χ4v) is 2.18. The molecule has 0 unspecified atom stereocenters. The van der Waals surface area contributed by atoms with Crippen LogP contribution in [-0.2, 0) is 11.2 Å². The number of carbonyl (C=O) groups excluding carboxylic acids is 1. The van der Waals surface area contributed by atoms with Crippen LogP contribution in [0.1, 0.15) is 21.6 Å². The number of rotatable bonds is 1. The van der Waals surface area contributed by atoms with E-state index in [1.54, 1.807) is 6.20 Å². The minimum atomic E-state index is -0.301. The van der Waals surface area contributed by atoms with Crippen LogP contribution >= 0.6 is 0 Å². The fraction of sp³-hybridized carbons (Fsp3) is 0.214. The molecule has 0 spiro atoms. The summed E-state index contributed by atoms with van der Waals surface area (Å²) in [5.41, 5.74) is 3.78. The number of carbonyl (C=O) groups is 1. The minimum absolute atomic E-state index is 0.301. The number of hydrogen-bond donors (Lipinski definition) is 0. The molecule has 18 heavy (non-hydrogen) atoms. The molecule has 3 rings (SSSR count). The second-order valence-electron chi connectivity index (χ2n) is 4.25. The zero-order valence-electron chi connectivity index (χ0n) is 10.0. The van der Waals surface area contributed by atoms with E-state index in [1.807, 2.05) is 31.2 Å². The molecule has 0 aromatic carbocycles. The van der Waals surface area contributed by atoms with Gasteiger partial charge in [0.2, 0.25) is 0 Å². The Morgan fingerprint density at radius 1 is 1.33 bits per heavy atom. The molecular weight excluding hydrogens is 228 g/mol. The Bertz CT molecular complexity index is 609. The van der Waals surface area contributed by atoms with E-state index in [-0.39, 0.29) is 5.97 Å². The van der Waals surface area contributed by atoms with E-state index in [2.05, 4.69) is 9.97 Å². The van der Waals surface area contributed by atoms with Gasteiger partial charge in [0.1, 0.15) is 5.69 Å². The first kappa shape index (κ1) is 10.9. The van der Waals surface area contributed by atoms with Crippen molar-refractivity contribution in [1.29, 1.82) is 0 Å². The number of pyridine rings is 2. The van der Waals surface area contributed by atoms with Crippen LogP contribution in [0.3, 0.4) is 0 Å². The zero-order valence-corrected chi connectivity index (χ0v) is 10.0. The second kappa shape index (κ2) is 4.22. The molecule has 1 aliphatic heterocycles. The molecule has 0 saturated carbocycles. The predicted molar refractivity (Wildman–Crippen MR) is 66.2 cm³/mol. The molecular formula is C14H12N2O2. The van der Waals surface area contributed by atoms with E-state index in [4.69, 9.17) is 4.74 Å². The maximum atomic E-state index is 11.9. The van der Waals surface area contributed by atoms with E-state index < -0.39 is 0 Å². The lowest BCUT2D eigenvalue weighted by molar-refractivity contribution is 0.0481. The largest absolute Gasteiger partial charge is 0.462 e. The van der Waals surface area contributed by atoms with Crippen LogP contribution in [0.4, 0.5) is 0 Å². The molecule has 0 fully saturated rings. The fourth-order valence-electron chi connectivity index (χ4n) is 2.18. The predicted octanol–water partition coefficient (Wildman–Crippen LogP) is 2.16. The third-order valence-electron chi connectivity index (χ3n) is 2.95. The highest BCUT2D eigenvalue weighted by atomic mass is 16.5. The van der Waals surface area contributed by atoms with Crippen LogP contribution < -0.4 is 0 Å². The van der Waals surface area contributed by atoms with Gasteiger partial charge in [-0.25, -0.2) is 4.79 Å². The summed E-state index contributed by atoms with van der Waals surface area (Å²) in [6.07, 6.45) is 2.43. The summed E-state index contributed by atoms with van der Waals surface area (Å²) in [6.45, 7) is 2.36. The third-order valence-corrected chi connectivity index (χ3v) is 2.95.